The molecule has 27 heavy (non-hydrogen) atoms. The maximum Gasteiger partial charge on any atom is 0.320 e. The van der Waals surface area contributed by atoms with E-state index in [0.29, 0.717) is 6.54 Å². The van der Waals surface area contributed by atoms with Gasteiger partial charge in [0.05, 0.1) is 0 Å². The van der Waals surface area contributed by atoms with Gasteiger partial charge in [-0.25, -0.2) is 14.8 Å². The number of amides is 2. The third-order valence-electron chi connectivity index (χ3n) is 4.97. The molecule has 8 heteroatoms. The van der Waals surface area contributed by atoms with Gasteiger partial charge in [0, 0.05) is 37.1 Å². The Morgan fingerprint density at radius 3 is 2.56 bits per heavy atom. The number of hydrogen-bond acceptors (Lipinski definition) is 3. The van der Waals surface area contributed by atoms with Crippen LogP contribution in [0.25, 0.3) is 0 Å². The van der Waals surface area contributed by atoms with Crippen molar-refractivity contribution in [3.8, 4) is 0 Å². The number of amidine groups is 1. The molecule has 1 heterocycles. The molecular formula is C19H27ClN6O. The molecule has 4 N–H and O–H groups in total. The second-order valence-corrected chi connectivity index (χ2v) is 6.99. The molecule has 1 aliphatic heterocycles. The van der Waals surface area contributed by atoms with Crippen LogP contribution in [0.4, 0.5) is 4.79 Å². The van der Waals surface area contributed by atoms with Crippen molar-refractivity contribution in [2.45, 2.75) is 25.2 Å². The molecule has 2 amide bonds. The molecule has 1 aromatic rings. The van der Waals surface area contributed by atoms with Crippen molar-refractivity contribution < 1.29 is 4.79 Å². The summed E-state index contributed by atoms with van der Waals surface area (Å²) in [5.41, 5.74) is 7.35. The standard InChI is InChI=1S/C19H27ClN6O/c1-14(25-18(27)22-3)23-13-24-15(2)26-10-8-19(12-21,9-11-26)16-4-6-17(20)7-5-16/h4-7,13H,1,8-12,21H2,2-3H3,(H2,22,25,27)/b23-13-,24-15+. The Morgan fingerprint density at radius 2 is 2.00 bits per heavy atom. The van der Waals surface area contributed by atoms with E-state index in [2.05, 4.69) is 44.2 Å². The van der Waals surface area contributed by atoms with Crippen molar-refractivity contribution in [2.24, 2.45) is 15.7 Å². The van der Waals surface area contributed by atoms with Gasteiger partial charge >= 0.3 is 6.03 Å². The molecule has 2 rings (SSSR count). The molecule has 0 unspecified atom stereocenters. The molecule has 1 aromatic carbocycles. The molecule has 1 fully saturated rings. The number of rotatable bonds is 5. The zero-order valence-electron chi connectivity index (χ0n) is 15.8. The maximum absolute atomic E-state index is 11.2. The molecule has 7 nitrogen and oxygen atoms in total. The first-order valence-electron chi connectivity index (χ1n) is 8.86. The van der Waals surface area contributed by atoms with E-state index in [1.54, 1.807) is 0 Å². The van der Waals surface area contributed by atoms with E-state index in [0.717, 1.165) is 36.8 Å². The fourth-order valence-electron chi connectivity index (χ4n) is 3.16. The lowest BCUT2D eigenvalue weighted by atomic mass is 9.73. The Labute approximate surface area is 165 Å². The van der Waals surface area contributed by atoms with Gasteiger partial charge in [0.15, 0.2) is 0 Å². The smallest absolute Gasteiger partial charge is 0.320 e. The SMILES string of the molecule is C=C(/N=C\N=C(/C)N1CCC(CN)(c2ccc(Cl)cc2)CC1)NC(=O)NC. The Hall–Kier alpha value is -2.38. The first-order chi connectivity index (χ1) is 12.9. The number of aliphatic imine (C=N–C) groups is 2. The number of nitrogens with zero attached hydrogens (tertiary/aromatic N) is 3. The van der Waals surface area contributed by atoms with Crippen molar-refractivity contribution in [3.63, 3.8) is 0 Å². The molecule has 0 radical (unpaired) electrons. The van der Waals surface area contributed by atoms with Crippen LogP contribution in [0.5, 0.6) is 0 Å². The molecule has 1 aliphatic rings. The topological polar surface area (TPSA) is 95.1 Å². The average Bonchev–Trinajstić information content (AvgIpc) is 2.68. The van der Waals surface area contributed by atoms with Crippen LogP contribution in [-0.4, -0.2) is 49.8 Å². The summed E-state index contributed by atoms with van der Waals surface area (Å²) in [4.78, 5) is 21.7. The summed E-state index contributed by atoms with van der Waals surface area (Å²) in [6.45, 7) is 7.91. The number of urea groups is 1. The largest absolute Gasteiger partial charge is 0.360 e. The van der Waals surface area contributed by atoms with Crippen LogP contribution >= 0.6 is 11.6 Å². The number of halogens is 1. The molecule has 0 bridgehead atoms. The van der Waals surface area contributed by atoms with Gasteiger partial charge in [-0.1, -0.05) is 30.3 Å². The predicted octanol–water partition coefficient (Wildman–Crippen LogP) is 2.48. The molecule has 0 saturated carbocycles. The number of piperidine rings is 1. The highest BCUT2D eigenvalue weighted by atomic mass is 35.5. The van der Waals surface area contributed by atoms with Gasteiger partial charge < -0.3 is 16.0 Å². The van der Waals surface area contributed by atoms with Gasteiger partial charge in [0.25, 0.3) is 0 Å². The van der Waals surface area contributed by atoms with E-state index < -0.39 is 0 Å². The number of hydrogen-bond donors (Lipinski definition) is 3. The highest BCUT2D eigenvalue weighted by molar-refractivity contribution is 6.30. The normalized spacial score (nSPS) is 17.0. The van der Waals surface area contributed by atoms with E-state index >= 15 is 0 Å². The van der Waals surface area contributed by atoms with Gasteiger partial charge in [0.1, 0.15) is 18.0 Å². The number of carbonyl (C=O) groups is 1. The molecule has 146 valence electrons. The van der Waals surface area contributed by atoms with Crippen molar-refractivity contribution in [2.75, 3.05) is 26.7 Å². The van der Waals surface area contributed by atoms with Gasteiger partial charge in [-0.05, 0) is 37.5 Å². The van der Waals surface area contributed by atoms with Crippen molar-refractivity contribution in [1.82, 2.24) is 15.5 Å². The highest BCUT2D eigenvalue weighted by Gasteiger charge is 2.35. The molecule has 0 atom stereocenters. The zero-order valence-corrected chi connectivity index (χ0v) is 16.6. The number of benzene rings is 1. The third-order valence-corrected chi connectivity index (χ3v) is 5.22. The van der Waals surface area contributed by atoms with Gasteiger partial charge in [0.2, 0.25) is 0 Å². The first-order valence-corrected chi connectivity index (χ1v) is 9.23. The molecule has 0 aliphatic carbocycles. The fraction of sp³-hybridized carbons (Fsp3) is 0.421. The van der Waals surface area contributed by atoms with Crippen LogP contribution in [0.15, 0.2) is 46.7 Å². The second kappa shape index (κ2) is 9.53. The predicted molar refractivity (Wildman–Crippen MR) is 111 cm³/mol. The monoisotopic (exact) mass is 390 g/mol. The Balaban J connectivity index is 1.96. The maximum atomic E-state index is 11.2. The van der Waals surface area contributed by atoms with Crippen molar-refractivity contribution >= 4 is 29.8 Å². The van der Waals surface area contributed by atoms with Crippen LogP contribution in [0, 0.1) is 0 Å². The number of carbonyl (C=O) groups excluding carboxylic acids is 1. The Bertz CT molecular complexity index is 720. The summed E-state index contributed by atoms with van der Waals surface area (Å²) in [5, 5.41) is 5.64. The van der Waals surface area contributed by atoms with E-state index in [1.165, 1.54) is 18.9 Å². The minimum absolute atomic E-state index is 0.0266. The van der Waals surface area contributed by atoms with Gasteiger partial charge in [-0.2, -0.15) is 0 Å². The van der Waals surface area contributed by atoms with E-state index in [9.17, 15) is 4.79 Å². The minimum atomic E-state index is -0.366. The summed E-state index contributed by atoms with van der Waals surface area (Å²) < 4.78 is 0. The highest BCUT2D eigenvalue weighted by Crippen LogP contribution is 2.35. The van der Waals surface area contributed by atoms with Crippen LogP contribution in [0.2, 0.25) is 5.02 Å². The first kappa shape index (κ1) is 20.9. The minimum Gasteiger partial charge on any atom is -0.360 e. The molecule has 0 aromatic heterocycles. The Kier molecular flexibility index (Phi) is 7.38. The van der Waals surface area contributed by atoms with Crippen LogP contribution in [0.3, 0.4) is 0 Å². The zero-order chi connectivity index (χ0) is 19.9. The second-order valence-electron chi connectivity index (χ2n) is 6.55. The molecule has 1 saturated heterocycles. The quantitative estimate of drug-likeness (QED) is 0.532. The lowest BCUT2D eigenvalue weighted by molar-refractivity contribution is 0.229. The third kappa shape index (κ3) is 5.55. The van der Waals surface area contributed by atoms with E-state index in [4.69, 9.17) is 17.3 Å². The lowest BCUT2D eigenvalue weighted by Gasteiger charge is -2.42. The van der Waals surface area contributed by atoms with Crippen molar-refractivity contribution in [1.29, 1.82) is 0 Å². The number of nitrogens with two attached hydrogens (primary N) is 1. The summed E-state index contributed by atoms with van der Waals surface area (Å²) in [5.74, 6) is 1.10. The summed E-state index contributed by atoms with van der Waals surface area (Å²) in [6, 6.07) is 7.62. The lowest BCUT2D eigenvalue weighted by Crippen LogP contribution is -2.48. The average molecular weight is 391 g/mol. The van der Waals surface area contributed by atoms with Crippen LogP contribution < -0.4 is 16.4 Å². The summed E-state index contributed by atoms with van der Waals surface area (Å²) in [7, 11) is 1.52. The number of likely N-dealkylation sites (tertiary alicyclic amines) is 1. The van der Waals surface area contributed by atoms with E-state index in [-0.39, 0.29) is 17.3 Å². The van der Waals surface area contributed by atoms with E-state index in [1.807, 2.05) is 19.1 Å². The molecule has 0 spiro atoms. The van der Waals surface area contributed by atoms with Gasteiger partial charge in [-0.3, -0.25) is 5.32 Å². The van der Waals surface area contributed by atoms with Crippen molar-refractivity contribution in [3.05, 3.63) is 47.3 Å². The summed E-state index contributed by atoms with van der Waals surface area (Å²) in [6.07, 6.45) is 3.29. The fourth-order valence-corrected chi connectivity index (χ4v) is 3.29. The van der Waals surface area contributed by atoms with Gasteiger partial charge in [-0.15, -0.1) is 0 Å². The number of nitrogens with one attached hydrogen (secondary N) is 2. The molecular weight excluding hydrogens is 364 g/mol. The van der Waals surface area contributed by atoms with Crippen LogP contribution in [-0.2, 0) is 5.41 Å². The van der Waals surface area contributed by atoms with Crippen LogP contribution in [0.1, 0.15) is 25.3 Å². The summed E-state index contributed by atoms with van der Waals surface area (Å²) >= 11 is 6.01. The Morgan fingerprint density at radius 1 is 1.37 bits per heavy atom.